The second-order valence-corrected chi connectivity index (χ2v) is 5.86. The highest BCUT2D eigenvalue weighted by Crippen LogP contribution is 2.23. The minimum absolute atomic E-state index is 0.0107. The minimum Gasteiger partial charge on any atom is -0.326 e. The first-order valence-electron chi connectivity index (χ1n) is 7.88. The summed E-state index contributed by atoms with van der Waals surface area (Å²) in [6.07, 6.45) is 2.04. The number of ketones is 1. The van der Waals surface area contributed by atoms with E-state index in [1.807, 2.05) is 6.07 Å². The van der Waals surface area contributed by atoms with E-state index < -0.39 is 0 Å². The molecule has 0 atom stereocenters. The number of anilines is 2. The number of Topliss-reactive ketones (excluding diaryl/α,β-unsaturated/α-hetero) is 1. The van der Waals surface area contributed by atoms with E-state index in [4.69, 9.17) is 0 Å². The van der Waals surface area contributed by atoms with Crippen molar-refractivity contribution in [3.63, 3.8) is 0 Å². The van der Waals surface area contributed by atoms with Crippen LogP contribution in [0.15, 0.2) is 42.5 Å². The van der Waals surface area contributed by atoms with Crippen LogP contribution in [0.1, 0.15) is 46.0 Å². The summed E-state index contributed by atoms with van der Waals surface area (Å²) in [5.41, 5.74) is 3.53. The van der Waals surface area contributed by atoms with Crippen molar-refractivity contribution in [1.82, 2.24) is 0 Å². The Kier molecular flexibility index (Phi) is 4.42. The molecule has 24 heavy (non-hydrogen) atoms. The molecule has 0 saturated carbocycles. The summed E-state index contributed by atoms with van der Waals surface area (Å²) < 4.78 is 0. The summed E-state index contributed by atoms with van der Waals surface area (Å²) in [6.45, 7) is 1.50. The van der Waals surface area contributed by atoms with Gasteiger partial charge in [0.15, 0.2) is 5.78 Å². The van der Waals surface area contributed by atoms with Crippen molar-refractivity contribution in [3.05, 3.63) is 59.2 Å². The number of carbonyl (C=O) groups is 3. The standard InChI is InChI=1S/C19H18N2O3/c1-12(22)13-5-8-16(9-6-13)20-19(24)15-7-10-17-14(11-15)3-2-4-18(23)21-17/h5-11H,2-4H2,1H3,(H,20,24)(H,21,23). The van der Waals surface area contributed by atoms with Crippen LogP contribution in [0.25, 0.3) is 0 Å². The lowest BCUT2D eigenvalue weighted by Gasteiger charge is -2.10. The van der Waals surface area contributed by atoms with Crippen LogP contribution in [0.5, 0.6) is 0 Å². The van der Waals surface area contributed by atoms with Crippen LogP contribution in [0.4, 0.5) is 11.4 Å². The fourth-order valence-electron chi connectivity index (χ4n) is 2.71. The van der Waals surface area contributed by atoms with E-state index in [9.17, 15) is 14.4 Å². The number of carbonyl (C=O) groups excluding carboxylic acids is 3. The zero-order valence-corrected chi connectivity index (χ0v) is 13.4. The summed E-state index contributed by atoms with van der Waals surface area (Å²) >= 11 is 0. The summed E-state index contributed by atoms with van der Waals surface area (Å²) in [7, 11) is 0. The molecule has 3 rings (SSSR count). The number of amides is 2. The normalized spacial score (nSPS) is 13.5. The van der Waals surface area contributed by atoms with Crippen LogP contribution < -0.4 is 10.6 Å². The van der Waals surface area contributed by atoms with Gasteiger partial charge in [-0.05, 0) is 67.8 Å². The summed E-state index contributed by atoms with van der Waals surface area (Å²) in [5.74, 6) is -0.221. The first-order chi connectivity index (χ1) is 11.5. The van der Waals surface area contributed by atoms with Gasteiger partial charge < -0.3 is 10.6 Å². The third-order valence-corrected chi connectivity index (χ3v) is 4.04. The molecule has 5 heteroatoms. The Hall–Kier alpha value is -2.95. The zero-order valence-electron chi connectivity index (χ0n) is 13.4. The molecule has 0 unspecified atom stereocenters. The Morgan fingerprint density at radius 2 is 1.71 bits per heavy atom. The molecule has 0 bridgehead atoms. The Morgan fingerprint density at radius 1 is 1.00 bits per heavy atom. The molecule has 2 amide bonds. The fourth-order valence-corrected chi connectivity index (χ4v) is 2.71. The van der Waals surface area contributed by atoms with Crippen molar-refractivity contribution in [1.29, 1.82) is 0 Å². The van der Waals surface area contributed by atoms with Crippen LogP contribution in [-0.4, -0.2) is 17.6 Å². The molecule has 0 aromatic heterocycles. The average Bonchev–Trinajstić information content (AvgIpc) is 2.75. The number of aryl methyl sites for hydroxylation is 1. The topological polar surface area (TPSA) is 75.3 Å². The van der Waals surface area contributed by atoms with E-state index >= 15 is 0 Å². The van der Waals surface area contributed by atoms with Crippen LogP contribution in [-0.2, 0) is 11.2 Å². The van der Waals surface area contributed by atoms with Crippen molar-refractivity contribution >= 4 is 29.0 Å². The van der Waals surface area contributed by atoms with Crippen LogP contribution >= 0.6 is 0 Å². The van der Waals surface area contributed by atoms with Gasteiger partial charge in [-0.2, -0.15) is 0 Å². The first-order valence-corrected chi connectivity index (χ1v) is 7.88. The third-order valence-electron chi connectivity index (χ3n) is 4.04. The fraction of sp³-hybridized carbons (Fsp3) is 0.211. The molecule has 1 heterocycles. The highest BCUT2D eigenvalue weighted by atomic mass is 16.2. The lowest BCUT2D eigenvalue weighted by molar-refractivity contribution is -0.116. The van der Waals surface area contributed by atoms with Crippen LogP contribution in [0.3, 0.4) is 0 Å². The van der Waals surface area contributed by atoms with Gasteiger partial charge in [0.05, 0.1) is 0 Å². The number of hydrogen-bond donors (Lipinski definition) is 2. The van der Waals surface area contributed by atoms with Gasteiger partial charge in [-0.25, -0.2) is 0 Å². The van der Waals surface area contributed by atoms with Gasteiger partial charge in [-0.1, -0.05) is 0 Å². The monoisotopic (exact) mass is 322 g/mol. The van der Waals surface area contributed by atoms with Gasteiger partial charge in [0.2, 0.25) is 5.91 Å². The Bertz CT molecular complexity index is 810. The second kappa shape index (κ2) is 6.66. The molecule has 0 radical (unpaired) electrons. The summed E-state index contributed by atoms with van der Waals surface area (Å²) in [6, 6.07) is 12.1. The lowest BCUT2D eigenvalue weighted by atomic mass is 10.0. The number of hydrogen-bond acceptors (Lipinski definition) is 3. The van der Waals surface area contributed by atoms with E-state index in [0.29, 0.717) is 23.2 Å². The minimum atomic E-state index is -0.219. The SMILES string of the molecule is CC(=O)c1ccc(NC(=O)c2ccc3c(c2)CCCC(=O)N3)cc1. The molecule has 1 aliphatic rings. The second-order valence-electron chi connectivity index (χ2n) is 5.86. The quantitative estimate of drug-likeness (QED) is 0.850. The molecule has 1 aliphatic heterocycles. The smallest absolute Gasteiger partial charge is 0.255 e. The Morgan fingerprint density at radius 3 is 2.42 bits per heavy atom. The predicted octanol–water partition coefficient (Wildman–Crippen LogP) is 3.42. The van der Waals surface area contributed by atoms with E-state index in [1.165, 1.54) is 6.92 Å². The third kappa shape index (κ3) is 3.51. The molecule has 2 N–H and O–H groups in total. The van der Waals surface area contributed by atoms with Crippen molar-refractivity contribution in [2.45, 2.75) is 26.2 Å². The molecular formula is C19H18N2O3. The van der Waals surface area contributed by atoms with Crippen molar-refractivity contribution in [2.75, 3.05) is 10.6 Å². The van der Waals surface area contributed by atoms with Gasteiger partial charge in [-0.3, -0.25) is 14.4 Å². The molecule has 0 spiro atoms. The molecule has 0 aliphatic carbocycles. The summed E-state index contributed by atoms with van der Waals surface area (Å²) in [5, 5.41) is 5.67. The van der Waals surface area contributed by atoms with Gasteiger partial charge >= 0.3 is 0 Å². The highest BCUT2D eigenvalue weighted by molar-refractivity contribution is 6.05. The molecule has 5 nitrogen and oxygen atoms in total. The van der Waals surface area contributed by atoms with Gasteiger partial charge in [-0.15, -0.1) is 0 Å². The highest BCUT2D eigenvalue weighted by Gasteiger charge is 2.15. The van der Waals surface area contributed by atoms with E-state index in [2.05, 4.69) is 10.6 Å². The zero-order chi connectivity index (χ0) is 17.1. The maximum absolute atomic E-state index is 12.4. The maximum atomic E-state index is 12.4. The molecule has 0 saturated heterocycles. The number of fused-ring (bicyclic) bond motifs is 1. The van der Waals surface area contributed by atoms with Gasteiger partial charge in [0.25, 0.3) is 5.91 Å². The van der Waals surface area contributed by atoms with Crippen LogP contribution in [0.2, 0.25) is 0 Å². The van der Waals surface area contributed by atoms with Gasteiger partial charge in [0.1, 0.15) is 0 Å². The molecular weight excluding hydrogens is 304 g/mol. The molecule has 0 fully saturated rings. The van der Waals surface area contributed by atoms with E-state index in [0.717, 1.165) is 24.1 Å². The number of benzene rings is 2. The molecule has 2 aromatic rings. The van der Waals surface area contributed by atoms with Crippen molar-refractivity contribution in [3.8, 4) is 0 Å². The van der Waals surface area contributed by atoms with Crippen molar-refractivity contribution < 1.29 is 14.4 Å². The van der Waals surface area contributed by atoms with E-state index in [-0.39, 0.29) is 17.6 Å². The van der Waals surface area contributed by atoms with Gasteiger partial charge in [0, 0.05) is 28.9 Å². The lowest BCUT2D eigenvalue weighted by Crippen LogP contribution is -2.13. The van der Waals surface area contributed by atoms with Crippen LogP contribution in [0, 0.1) is 0 Å². The number of rotatable bonds is 3. The largest absolute Gasteiger partial charge is 0.326 e. The van der Waals surface area contributed by atoms with Crippen molar-refractivity contribution in [2.24, 2.45) is 0 Å². The molecule has 122 valence electrons. The summed E-state index contributed by atoms with van der Waals surface area (Å²) in [4.78, 5) is 35.2. The maximum Gasteiger partial charge on any atom is 0.255 e. The Balaban J connectivity index is 1.76. The Labute approximate surface area is 140 Å². The average molecular weight is 322 g/mol. The number of nitrogens with one attached hydrogen (secondary N) is 2. The first kappa shape index (κ1) is 15.9. The van der Waals surface area contributed by atoms with E-state index in [1.54, 1.807) is 36.4 Å². The molecule has 2 aromatic carbocycles. The predicted molar refractivity (Wildman–Crippen MR) is 92.4 cm³/mol.